The van der Waals surface area contributed by atoms with Gasteiger partial charge in [0.1, 0.15) is 6.54 Å². The summed E-state index contributed by atoms with van der Waals surface area (Å²) in [6, 6.07) is 16.1. The van der Waals surface area contributed by atoms with Crippen LogP contribution in [0, 0.1) is 10.1 Å². The Hall–Kier alpha value is -3.79. The summed E-state index contributed by atoms with van der Waals surface area (Å²) in [7, 11) is -4.07. The second-order valence-electron chi connectivity index (χ2n) is 6.24. The summed E-state index contributed by atoms with van der Waals surface area (Å²) < 4.78 is 27.2. The average molecular weight is 426 g/mol. The van der Waals surface area contributed by atoms with Crippen LogP contribution in [0.4, 0.5) is 11.4 Å². The molecular formula is C20H18N4O5S. The number of aromatic nitrogens is 1. The van der Waals surface area contributed by atoms with Crippen LogP contribution in [0.25, 0.3) is 0 Å². The van der Waals surface area contributed by atoms with Gasteiger partial charge in [-0.25, -0.2) is 8.42 Å². The quantitative estimate of drug-likeness (QED) is 0.436. The highest BCUT2D eigenvalue weighted by atomic mass is 32.2. The van der Waals surface area contributed by atoms with Crippen molar-refractivity contribution in [3.05, 3.63) is 94.8 Å². The maximum absolute atomic E-state index is 13.2. The van der Waals surface area contributed by atoms with Crippen LogP contribution in [0.5, 0.6) is 0 Å². The zero-order valence-electron chi connectivity index (χ0n) is 15.7. The number of nitro benzene ring substituents is 1. The Morgan fingerprint density at radius 3 is 2.33 bits per heavy atom. The van der Waals surface area contributed by atoms with Gasteiger partial charge in [0.15, 0.2) is 0 Å². The van der Waals surface area contributed by atoms with Crippen molar-refractivity contribution in [2.75, 3.05) is 10.8 Å². The Labute approximate surface area is 173 Å². The molecule has 2 aromatic carbocycles. The highest BCUT2D eigenvalue weighted by Crippen LogP contribution is 2.25. The molecule has 0 radical (unpaired) electrons. The van der Waals surface area contributed by atoms with E-state index in [1.165, 1.54) is 36.4 Å². The number of anilines is 1. The van der Waals surface area contributed by atoms with E-state index in [-0.39, 0.29) is 22.8 Å². The zero-order valence-corrected chi connectivity index (χ0v) is 16.5. The van der Waals surface area contributed by atoms with Crippen molar-refractivity contribution < 1.29 is 18.1 Å². The number of nitrogens with zero attached hydrogens (tertiary/aromatic N) is 3. The van der Waals surface area contributed by atoms with Gasteiger partial charge in [-0.05, 0) is 35.9 Å². The van der Waals surface area contributed by atoms with Gasteiger partial charge < -0.3 is 5.32 Å². The van der Waals surface area contributed by atoms with Crippen LogP contribution in [-0.4, -0.2) is 30.8 Å². The molecule has 3 aromatic rings. The molecule has 0 spiro atoms. The van der Waals surface area contributed by atoms with Crippen LogP contribution in [0.1, 0.15) is 5.56 Å². The van der Waals surface area contributed by atoms with Crippen molar-refractivity contribution in [3.8, 4) is 0 Å². The first-order valence-corrected chi connectivity index (χ1v) is 10.3. The fourth-order valence-electron chi connectivity index (χ4n) is 2.67. The summed E-state index contributed by atoms with van der Waals surface area (Å²) in [4.78, 5) is 26.8. The van der Waals surface area contributed by atoms with Gasteiger partial charge >= 0.3 is 0 Å². The minimum Gasteiger partial charge on any atom is -0.350 e. The van der Waals surface area contributed by atoms with Gasteiger partial charge in [-0.15, -0.1) is 0 Å². The number of carbonyl (C=O) groups is 1. The number of rotatable bonds is 8. The van der Waals surface area contributed by atoms with Crippen LogP contribution in [0.2, 0.25) is 0 Å². The number of benzene rings is 2. The number of nitro groups is 1. The summed E-state index contributed by atoms with van der Waals surface area (Å²) in [5.74, 6) is -0.531. The van der Waals surface area contributed by atoms with Crippen LogP contribution >= 0.6 is 0 Å². The topological polar surface area (TPSA) is 123 Å². The zero-order chi connectivity index (χ0) is 21.6. The highest BCUT2D eigenvalue weighted by molar-refractivity contribution is 7.92. The fourth-order valence-corrected chi connectivity index (χ4v) is 4.11. The Morgan fingerprint density at radius 1 is 1.03 bits per heavy atom. The summed E-state index contributed by atoms with van der Waals surface area (Å²) in [6.07, 6.45) is 3.20. The number of hydrogen-bond acceptors (Lipinski definition) is 6. The molecule has 0 aliphatic rings. The number of amides is 1. The van der Waals surface area contributed by atoms with Gasteiger partial charge in [0.05, 0.1) is 15.5 Å². The third-order valence-corrected chi connectivity index (χ3v) is 5.97. The normalized spacial score (nSPS) is 10.9. The molecule has 0 saturated carbocycles. The van der Waals surface area contributed by atoms with E-state index in [4.69, 9.17) is 0 Å². The van der Waals surface area contributed by atoms with Crippen LogP contribution in [0.15, 0.2) is 84.0 Å². The lowest BCUT2D eigenvalue weighted by molar-refractivity contribution is -0.384. The summed E-state index contributed by atoms with van der Waals surface area (Å²) in [5.41, 5.74) is 0.719. The standard InChI is InChI=1S/C20H18N4O5S/c25-20(22-14-16-5-4-12-21-13-16)15-23(17-8-10-18(11-9-17)24(26)27)30(28,29)19-6-2-1-3-7-19/h1-13H,14-15H2,(H,22,25). The van der Waals surface area contributed by atoms with E-state index in [0.29, 0.717) is 0 Å². The molecule has 1 N–H and O–H groups in total. The van der Waals surface area contributed by atoms with Crippen molar-refractivity contribution in [2.45, 2.75) is 11.4 Å². The van der Waals surface area contributed by atoms with Crippen molar-refractivity contribution in [3.63, 3.8) is 0 Å². The SMILES string of the molecule is O=C(CN(c1ccc([N+](=O)[O-])cc1)S(=O)(=O)c1ccccc1)NCc1cccnc1. The third-order valence-electron chi connectivity index (χ3n) is 4.18. The monoisotopic (exact) mass is 426 g/mol. The summed E-state index contributed by atoms with van der Waals surface area (Å²) in [5, 5.41) is 13.6. The Kier molecular flexibility index (Phi) is 6.38. The van der Waals surface area contributed by atoms with E-state index in [1.54, 1.807) is 42.7 Å². The van der Waals surface area contributed by atoms with E-state index >= 15 is 0 Å². The molecule has 10 heteroatoms. The molecule has 9 nitrogen and oxygen atoms in total. The lowest BCUT2D eigenvalue weighted by atomic mass is 10.3. The molecule has 1 heterocycles. The maximum Gasteiger partial charge on any atom is 0.269 e. The van der Waals surface area contributed by atoms with E-state index in [9.17, 15) is 23.3 Å². The smallest absolute Gasteiger partial charge is 0.269 e. The largest absolute Gasteiger partial charge is 0.350 e. The minimum atomic E-state index is -4.07. The van der Waals surface area contributed by atoms with Crippen LogP contribution < -0.4 is 9.62 Å². The molecule has 0 fully saturated rings. The summed E-state index contributed by atoms with van der Waals surface area (Å²) in [6.45, 7) is -0.304. The van der Waals surface area contributed by atoms with Crippen molar-refractivity contribution in [1.29, 1.82) is 0 Å². The van der Waals surface area contributed by atoms with E-state index < -0.39 is 27.4 Å². The number of sulfonamides is 1. The fraction of sp³-hybridized carbons (Fsp3) is 0.100. The van der Waals surface area contributed by atoms with Gasteiger partial charge in [0.2, 0.25) is 5.91 Å². The highest BCUT2D eigenvalue weighted by Gasteiger charge is 2.27. The number of pyridine rings is 1. The molecule has 1 aromatic heterocycles. The Balaban J connectivity index is 1.87. The maximum atomic E-state index is 13.2. The van der Waals surface area contributed by atoms with E-state index in [1.807, 2.05) is 0 Å². The van der Waals surface area contributed by atoms with Gasteiger partial charge in [-0.2, -0.15) is 0 Å². The Morgan fingerprint density at radius 2 is 1.73 bits per heavy atom. The van der Waals surface area contributed by atoms with Crippen molar-refractivity contribution >= 4 is 27.3 Å². The molecule has 0 saturated heterocycles. The number of carbonyl (C=O) groups excluding carboxylic acids is 1. The van der Waals surface area contributed by atoms with Crippen LogP contribution in [0.3, 0.4) is 0 Å². The number of hydrogen-bond donors (Lipinski definition) is 1. The first-order valence-electron chi connectivity index (χ1n) is 8.86. The molecule has 1 amide bonds. The molecule has 154 valence electrons. The minimum absolute atomic E-state index is 0.00316. The second kappa shape index (κ2) is 9.14. The predicted molar refractivity (Wildman–Crippen MR) is 110 cm³/mol. The lowest BCUT2D eigenvalue weighted by Gasteiger charge is -2.24. The van der Waals surface area contributed by atoms with Gasteiger partial charge in [0, 0.05) is 31.1 Å². The first kappa shape index (κ1) is 20.9. The average Bonchev–Trinajstić information content (AvgIpc) is 2.77. The molecule has 0 atom stereocenters. The summed E-state index contributed by atoms with van der Waals surface area (Å²) >= 11 is 0. The van der Waals surface area contributed by atoms with E-state index in [2.05, 4.69) is 10.3 Å². The predicted octanol–water partition coefficient (Wildman–Crippen LogP) is 2.50. The molecule has 30 heavy (non-hydrogen) atoms. The lowest BCUT2D eigenvalue weighted by Crippen LogP contribution is -2.40. The number of nitrogens with one attached hydrogen (secondary N) is 1. The third kappa shape index (κ3) is 4.97. The van der Waals surface area contributed by atoms with Crippen molar-refractivity contribution in [2.24, 2.45) is 0 Å². The molecule has 0 bridgehead atoms. The van der Waals surface area contributed by atoms with E-state index in [0.717, 1.165) is 9.87 Å². The molecule has 3 rings (SSSR count). The number of non-ortho nitro benzene ring substituents is 1. The van der Waals surface area contributed by atoms with Gasteiger partial charge in [0.25, 0.3) is 15.7 Å². The van der Waals surface area contributed by atoms with Gasteiger partial charge in [-0.1, -0.05) is 24.3 Å². The molecular weight excluding hydrogens is 408 g/mol. The molecule has 0 aliphatic heterocycles. The van der Waals surface area contributed by atoms with Crippen LogP contribution in [-0.2, 0) is 21.4 Å². The van der Waals surface area contributed by atoms with Gasteiger partial charge in [-0.3, -0.25) is 24.2 Å². The first-order chi connectivity index (χ1) is 14.4. The molecule has 0 aliphatic carbocycles. The Bertz CT molecular complexity index is 1120. The molecule has 0 unspecified atom stereocenters. The van der Waals surface area contributed by atoms with Crippen molar-refractivity contribution in [1.82, 2.24) is 10.3 Å². The second-order valence-corrected chi connectivity index (χ2v) is 8.10.